The monoisotopic (exact) mass is 419 g/mol. The van der Waals surface area contributed by atoms with Crippen LogP contribution in [0.15, 0.2) is 35.5 Å². The van der Waals surface area contributed by atoms with Crippen molar-refractivity contribution in [1.29, 1.82) is 0 Å². The molecule has 1 N–H and O–H groups in total. The Morgan fingerprint density at radius 2 is 1.73 bits per heavy atom. The summed E-state index contributed by atoms with van der Waals surface area (Å²) >= 11 is 0. The Labute approximate surface area is 174 Å². The normalized spacial score (nSPS) is 17.5. The van der Waals surface area contributed by atoms with E-state index in [2.05, 4.69) is 10.2 Å². The van der Waals surface area contributed by atoms with Gasteiger partial charge in [0.25, 0.3) is 5.91 Å². The molecule has 0 aliphatic carbocycles. The van der Waals surface area contributed by atoms with Crippen molar-refractivity contribution in [1.82, 2.24) is 10.2 Å². The number of morpholine rings is 1. The molecule has 1 aromatic rings. The molecule has 1 saturated heterocycles. The summed E-state index contributed by atoms with van der Waals surface area (Å²) < 4.78 is 20.5. The average molecular weight is 419 g/mol. The van der Waals surface area contributed by atoms with Gasteiger partial charge < -0.3 is 29.2 Å². The molecule has 0 aromatic heterocycles. The molecule has 0 bridgehead atoms. The summed E-state index contributed by atoms with van der Waals surface area (Å²) in [4.78, 5) is 41.1. The smallest absolute Gasteiger partial charge is 0.355 e. The Hall–Kier alpha value is -2.95. The molecule has 1 aromatic carbocycles. The number of benzene rings is 1. The molecule has 2 aliphatic rings. The van der Waals surface area contributed by atoms with Gasteiger partial charge in [-0.25, -0.2) is 9.59 Å². The van der Waals surface area contributed by atoms with Crippen LogP contribution < -0.4 is 10.2 Å². The van der Waals surface area contributed by atoms with Crippen LogP contribution in [0.25, 0.3) is 0 Å². The Kier molecular flexibility index (Phi) is 7.39. The second-order valence-corrected chi connectivity index (χ2v) is 6.63. The maximum Gasteiger partial charge on any atom is 0.355 e. The van der Waals surface area contributed by atoms with E-state index in [9.17, 15) is 14.4 Å². The lowest BCUT2D eigenvalue weighted by molar-refractivity contribution is -0.140. The van der Waals surface area contributed by atoms with Gasteiger partial charge in [0, 0.05) is 13.1 Å². The molecule has 10 nitrogen and oxygen atoms in total. The minimum atomic E-state index is -0.720. The lowest BCUT2D eigenvalue weighted by Crippen LogP contribution is -2.44. The highest BCUT2D eigenvalue weighted by molar-refractivity contribution is 6.06. The number of carbonyl (C=O) groups excluding carboxylic acids is 3. The predicted molar refractivity (Wildman–Crippen MR) is 106 cm³/mol. The lowest BCUT2D eigenvalue weighted by Gasteiger charge is -2.32. The first-order valence-corrected chi connectivity index (χ1v) is 9.49. The SMILES string of the molecule is COC(=O)C1=C(C(=O)OC)N(c2ccccc2C(=O)NCN2CCOCC2)COC1. The van der Waals surface area contributed by atoms with Crippen LogP contribution in [-0.2, 0) is 28.5 Å². The largest absolute Gasteiger partial charge is 0.466 e. The van der Waals surface area contributed by atoms with E-state index < -0.39 is 11.9 Å². The number of carbonyl (C=O) groups is 3. The van der Waals surface area contributed by atoms with E-state index in [4.69, 9.17) is 18.9 Å². The second-order valence-electron chi connectivity index (χ2n) is 6.63. The fourth-order valence-electron chi connectivity index (χ4n) is 3.27. The molecule has 0 radical (unpaired) electrons. The van der Waals surface area contributed by atoms with Crippen LogP contribution >= 0.6 is 0 Å². The van der Waals surface area contributed by atoms with E-state index in [-0.39, 0.29) is 30.5 Å². The summed E-state index contributed by atoms with van der Waals surface area (Å²) in [5, 5.41) is 2.89. The lowest BCUT2D eigenvalue weighted by atomic mass is 10.1. The van der Waals surface area contributed by atoms with Crippen molar-refractivity contribution in [2.45, 2.75) is 0 Å². The number of anilines is 1. The number of para-hydroxylation sites is 1. The van der Waals surface area contributed by atoms with Crippen molar-refractivity contribution in [3.63, 3.8) is 0 Å². The number of nitrogens with zero attached hydrogens (tertiary/aromatic N) is 2. The highest BCUT2D eigenvalue weighted by Gasteiger charge is 2.34. The number of methoxy groups -OCH3 is 2. The van der Waals surface area contributed by atoms with E-state index in [1.165, 1.54) is 19.1 Å². The third-order valence-electron chi connectivity index (χ3n) is 4.84. The molecule has 0 saturated carbocycles. The van der Waals surface area contributed by atoms with Crippen LogP contribution in [0.3, 0.4) is 0 Å². The molecule has 3 rings (SSSR count). The Bertz CT molecular complexity index is 833. The first-order chi connectivity index (χ1) is 14.6. The van der Waals surface area contributed by atoms with Crippen LogP contribution in [0.5, 0.6) is 0 Å². The van der Waals surface area contributed by atoms with Gasteiger partial charge in [0.15, 0.2) is 0 Å². The molecular weight excluding hydrogens is 394 g/mol. The molecule has 2 heterocycles. The van der Waals surface area contributed by atoms with Gasteiger partial charge in [-0.05, 0) is 12.1 Å². The molecule has 1 fully saturated rings. The Morgan fingerprint density at radius 1 is 1.03 bits per heavy atom. The third-order valence-corrected chi connectivity index (χ3v) is 4.84. The van der Waals surface area contributed by atoms with Crippen molar-refractivity contribution < 1.29 is 33.3 Å². The summed E-state index contributed by atoms with van der Waals surface area (Å²) in [7, 11) is 2.44. The highest BCUT2D eigenvalue weighted by Crippen LogP contribution is 2.29. The number of hydrogen-bond donors (Lipinski definition) is 1. The number of nitrogens with one attached hydrogen (secondary N) is 1. The van der Waals surface area contributed by atoms with Gasteiger partial charge in [0.1, 0.15) is 12.4 Å². The maximum absolute atomic E-state index is 12.9. The fourth-order valence-corrected chi connectivity index (χ4v) is 3.27. The van der Waals surface area contributed by atoms with Crippen LogP contribution in [0.1, 0.15) is 10.4 Å². The molecule has 1 amide bonds. The van der Waals surface area contributed by atoms with Crippen molar-refractivity contribution in [2.24, 2.45) is 0 Å². The summed E-state index contributed by atoms with van der Waals surface area (Å²) in [6.07, 6.45) is 0. The van der Waals surface area contributed by atoms with E-state index >= 15 is 0 Å². The molecular formula is C20H25N3O7. The summed E-state index contributed by atoms with van der Waals surface area (Å²) in [5.74, 6) is -1.73. The van der Waals surface area contributed by atoms with Crippen LogP contribution in [-0.4, -0.2) is 83.3 Å². The van der Waals surface area contributed by atoms with E-state index in [1.54, 1.807) is 24.3 Å². The van der Waals surface area contributed by atoms with E-state index in [0.717, 1.165) is 13.1 Å². The van der Waals surface area contributed by atoms with Gasteiger partial charge in [-0.2, -0.15) is 0 Å². The standard InChI is InChI=1S/C20H25N3O7/c1-27-19(25)15-11-30-13-23(17(15)20(26)28-2)16-6-4-3-5-14(16)18(24)21-12-22-7-9-29-10-8-22/h3-6H,7-13H2,1-2H3,(H,21,24). The molecule has 162 valence electrons. The number of rotatable bonds is 6. The topological polar surface area (TPSA) is 107 Å². The first-order valence-electron chi connectivity index (χ1n) is 9.49. The highest BCUT2D eigenvalue weighted by atomic mass is 16.5. The van der Waals surface area contributed by atoms with Gasteiger partial charge in [-0.3, -0.25) is 9.69 Å². The second kappa shape index (κ2) is 10.2. The van der Waals surface area contributed by atoms with Gasteiger partial charge in [0.2, 0.25) is 0 Å². The quantitative estimate of drug-likeness (QED) is 0.643. The molecule has 10 heteroatoms. The molecule has 0 unspecified atom stereocenters. The summed E-state index contributed by atoms with van der Waals surface area (Å²) in [6.45, 7) is 2.97. The summed E-state index contributed by atoms with van der Waals surface area (Å²) in [6, 6.07) is 6.78. The van der Waals surface area contributed by atoms with Crippen LogP contribution in [0.2, 0.25) is 0 Å². The third kappa shape index (κ3) is 4.78. The fraction of sp³-hybridized carbons (Fsp3) is 0.450. The molecule has 30 heavy (non-hydrogen) atoms. The number of amides is 1. The molecule has 2 aliphatic heterocycles. The van der Waals surface area contributed by atoms with Gasteiger partial charge in [-0.15, -0.1) is 0 Å². The zero-order chi connectivity index (χ0) is 21.5. The maximum atomic E-state index is 12.9. The van der Waals surface area contributed by atoms with Gasteiger partial charge >= 0.3 is 11.9 Å². The van der Waals surface area contributed by atoms with Crippen LogP contribution in [0, 0.1) is 0 Å². The number of hydrogen-bond acceptors (Lipinski definition) is 9. The summed E-state index contributed by atoms with van der Waals surface area (Å²) in [5.41, 5.74) is 0.767. The minimum Gasteiger partial charge on any atom is -0.466 e. The number of esters is 2. The van der Waals surface area contributed by atoms with Crippen molar-refractivity contribution in [3.05, 3.63) is 41.1 Å². The van der Waals surface area contributed by atoms with E-state index in [0.29, 0.717) is 31.1 Å². The van der Waals surface area contributed by atoms with Crippen molar-refractivity contribution in [3.8, 4) is 0 Å². The Morgan fingerprint density at radius 3 is 2.43 bits per heavy atom. The molecule has 0 atom stereocenters. The molecule has 0 spiro atoms. The van der Waals surface area contributed by atoms with Crippen molar-refractivity contribution >= 4 is 23.5 Å². The number of ether oxygens (including phenoxy) is 4. The van der Waals surface area contributed by atoms with Gasteiger partial charge in [0.05, 0.1) is 57.5 Å². The zero-order valence-electron chi connectivity index (χ0n) is 17.0. The Balaban J connectivity index is 1.89. The zero-order valence-corrected chi connectivity index (χ0v) is 17.0. The first kappa shape index (κ1) is 21.8. The average Bonchev–Trinajstić information content (AvgIpc) is 2.81. The van der Waals surface area contributed by atoms with Crippen LogP contribution in [0.4, 0.5) is 5.69 Å². The predicted octanol–water partition coefficient (Wildman–Crippen LogP) is 0.100. The van der Waals surface area contributed by atoms with E-state index in [1.807, 2.05) is 0 Å². The minimum absolute atomic E-state index is 0.0102. The van der Waals surface area contributed by atoms with Crippen molar-refractivity contribution in [2.75, 3.05) is 65.4 Å². The van der Waals surface area contributed by atoms with Gasteiger partial charge in [-0.1, -0.05) is 12.1 Å².